The lowest BCUT2D eigenvalue weighted by Crippen LogP contribution is -2.66. The number of aliphatic hydroxyl groups is 3. The van der Waals surface area contributed by atoms with Crippen molar-refractivity contribution in [2.75, 3.05) is 14.2 Å². The molecule has 3 aliphatic heterocycles. The molecule has 3 saturated heterocycles. The average molecular weight is 835 g/mol. The van der Waals surface area contributed by atoms with Crippen LogP contribution in [0.25, 0.3) is 0 Å². The van der Waals surface area contributed by atoms with Gasteiger partial charge in [-0.05, 0) is 104 Å². The maximum Gasteiger partial charge on any atom is 0.333 e. The van der Waals surface area contributed by atoms with Crippen LogP contribution in [0.1, 0.15) is 113 Å². The molecule has 3 saturated carbocycles. The molecule has 0 spiro atoms. The normalized spacial score (nSPS) is 50.0. The van der Waals surface area contributed by atoms with Gasteiger partial charge in [0.25, 0.3) is 0 Å². The lowest BCUT2D eigenvalue weighted by Gasteiger charge is -2.63. The summed E-state index contributed by atoms with van der Waals surface area (Å²) in [6.45, 7) is 15.0. The third-order valence-corrected chi connectivity index (χ3v) is 16.1. The molecule has 6 fully saturated rings. The Bertz CT molecular complexity index is 1600. The Balaban J connectivity index is 0.971. The number of Topliss-reactive ketones (excluding diaryl/α,β-unsaturated/α-hetero) is 1. The molecule has 7 aliphatic rings. The summed E-state index contributed by atoms with van der Waals surface area (Å²) < 4.78 is 55.4. The van der Waals surface area contributed by atoms with Crippen molar-refractivity contribution in [3.05, 3.63) is 23.3 Å². The molecule has 15 unspecified atom stereocenters. The Kier molecular flexibility index (Phi) is 13.3. The highest BCUT2D eigenvalue weighted by molar-refractivity contribution is 5.88. The fourth-order valence-electron chi connectivity index (χ4n) is 12.3. The summed E-state index contributed by atoms with van der Waals surface area (Å²) in [5.74, 6) is -0.686. The number of allylic oxidation sites excluding steroid dienone is 2. The van der Waals surface area contributed by atoms with E-state index in [2.05, 4.69) is 13.0 Å². The molecule has 7 rings (SSSR count). The average Bonchev–Trinajstić information content (AvgIpc) is 3.69. The molecular formula is C45H70O14. The Morgan fingerprint density at radius 1 is 0.814 bits per heavy atom. The molecule has 0 aromatic heterocycles. The number of rotatable bonds is 11. The maximum atomic E-state index is 13.3. The number of carbonyl (C=O) groups excluding carboxylic acids is 2. The number of ketones is 1. The van der Waals surface area contributed by atoms with E-state index in [1.165, 1.54) is 12.7 Å². The Labute approximate surface area is 349 Å². The number of hydrogen-bond donors (Lipinski definition) is 3. The van der Waals surface area contributed by atoms with Crippen molar-refractivity contribution < 1.29 is 67.5 Å². The zero-order chi connectivity index (χ0) is 42.8. The van der Waals surface area contributed by atoms with Crippen molar-refractivity contribution >= 4 is 11.8 Å². The summed E-state index contributed by atoms with van der Waals surface area (Å²) >= 11 is 0. The number of carbonyl (C=O) groups is 2. The van der Waals surface area contributed by atoms with Gasteiger partial charge < -0.3 is 58.0 Å². The smallest absolute Gasteiger partial charge is 0.333 e. The first-order valence-electron chi connectivity index (χ1n) is 22.0. The number of aliphatic hydroxyl groups excluding tert-OH is 2. The third-order valence-electron chi connectivity index (χ3n) is 16.1. The molecule has 3 heterocycles. The second-order valence-electron chi connectivity index (χ2n) is 19.1. The summed E-state index contributed by atoms with van der Waals surface area (Å²) in [7, 11) is 3.03. The predicted octanol–water partition coefficient (Wildman–Crippen LogP) is 4.68. The summed E-state index contributed by atoms with van der Waals surface area (Å²) in [6.07, 6.45) is 1.43. The summed E-state index contributed by atoms with van der Waals surface area (Å²) in [5.41, 5.74) is -0.385. The zero-order valence-electron chi connectivity index (χ0n) is 36.7. The van der Waals surface area contributed by atoms with Gasteiger partial charge in [0.1, 0.15) is 36.3 Å². The van der Waals surface area contributed by atoms with E-state index < -0.39 is 78.7 Å². The molecule has 334 valence electrons. The van der Waals surface area contributed by atoms with Crippen LogP contribution in [0, 0.1) is 28.6 Å². The van der Waals surface area contributed by atoms with Crippen LogP contribution in [0.4, 0.5) is 0 Å². The minimum absolute atomic E-state index is 0.0432. The fraction of sp³-hybridized carbons (Fsp3) is 0.867. The molecule has 14 heteroatoms. The quantitative estimate of drug-likeness (QED) is 0.149. The van der Waals surface area contributed by atoms with Crippen molar-refractivity contribution in [2.24, 2.45) is 28.6 Å². The van der Waals surface area contributed by atoms with Crippen LogP contribution in [0.15, 0.2) is 23.3 Å². The monoisotopic (exact) mass is 834 g/mol. The first kappa shape index (κ1) is 45.2. The van der Waals surface area contributed by atoms with Crippen LogP contribution < -0.4 is 0 Å². The molecule has 0 radical (unpaired) electrons. The number of ether oxygens (including phenoxy) is 9. The standard InChI is InChI=1S/C45H70O14/c1-11-22(2)41(49)58-34-19-31-30(45(50)17-15-29(23(3)46)44(34,45)8)13-12-27-18-28(14-16-43(27,31)7)56-35-20-32(24(4)53-35)57-36-21-33(51-9)39(26(6)54-36)59-42-38(48)40(52-10)37(47)25(5)55-42/h11-12,24-26,28-40,42,47-48,50H,13-21H2,1-10H3/b22-11+/t24?,25?,26?,28?,29?,30?,31?,32-,33?,34?,35?,36-,37+,38?,39+,40?,42-,43?,44?,45?/m0/s1. The van der Waals surface area contributed by atoms with Crippen molar-refractivity contribution in [3.63, 3.8) is 0 Å². The van der Waals surface area contributed by atoms with E-state index in [0.717, 1.165) is 19.3 Å². The third kappa shape index (κ3) is 7.93. The minimum atomic E-state index is -1.20. The summed E-state index contributed by atoms with van der Waals surface area (Å²) in [4.78, 5) is 26.3. The SMILES string of the molecule is C/C=C(\C)C(=O)OC1CC2C(CC=C3CC(OC4C[C@H](O[C@H]5CC(OC)[C@H](O[C@@H]6OC(C)[C@@H](O)C(OC)C6O)C(C)O5)C(C)O4)CCC32C)C2(O)CCC(C(C)=O)C12C. The van der Waals surface area contributed by atoms with Gasteiger partial charge in [-0.15, -0.1) is 0 Å². The molecule has 0 amide bonds. The molecule has 0 aromatic carbocycles. The lowest BCUT2D eigenvalue weighted by molar-refractivity contribution is -0.342. The van der Waals surface area contributed by atoms with E-state index in [1.54, 1.807) is 34.0 Å². The van der Waals surface area contributed by atoms with E-state index in [1.807, 2.05) is 27.7 Å². The highest BCUT2D eigenvalue weighted by Gasteiger charge is 2.71. The van der Waals surface area contributed by atoms with Gasteiger partial charge >= 0.3 is 5.97 Å². The number of hydrogen-bond acceptors (Lipinski definition) is 14. The van der Waals surface area contributed by atoms with E-state index in [4.69, 9.17) is 42.6 Å². The number of fused-ring (bicyclic) bond motifs is 5. The summed E-state index contributed by atoms with van der Waals surface area (Å²) in [6, 6.07) is 0. The first-order chi connectivity index (χ1) is 27.9. The highest BCUT2D eigenvalue weighted by atomic mass is 16.8. The second-order valence-corrected chi connectivity index (χ2v) is 19.1. The highest BCUT2D eigenvalue weighted by Crippen LogP contribution is 2.68. The Morgan fingerprint density at radius 2 is 1.51 bits per heavy atom. The van der Waals surface area contributed by atoms with Crippen LogP contribution >= 0.6 is 0 Å². The van der Waals surface area contributed by atoms with Crippen LogP contribution in [0.2, 0.25) is 0 Å². The van der Waals surface area contributed by atoms with E-state index in [-0.39, 0.29) is 53.2 Å². The van der Waals surface area contributed by atoms with Crippen LogP contribution in [-0.4, -0.2) is 133 Å². The fourth-order valence-corrected chi connectivity index (χ4v) is 12.3. The molecule has 20 atom stereocenters. The van der Waals surface area contributed by atoms with Gasteiger partial charge in [-0.3, -0.25) is 4.79 Å². The van der Waals surface area contributed by atoms with Gasteiger partial charge in [0.05, 0.1) is 42.2 Å². The van der Waals surface area contributed by atoms with Gasteiger partial charge in [-0.25, -0.2) is 4.79 Å². The van der Waals surface area contributed by atoms with Crippen LogP contribution in [-0.2, 0) is 52.2 Å². The molecule has 14 nitrogen and oxygen atoms in total. The van der Waals surface area contributed by atoms with Crippen molar-refractivity contribution in [3.8, 4) is 0 Å². The van der Waals surface area contributed by atoms with E-state index in [9.17, 15) is 24.9 Å². The molecule has 0 bridgehead atoms. The zero-order valence-corrected chi connectivity index (χ0v) is 36.7. The molecule has 4 aliphatic carbocycles. The second kappa shape index (κ2) is 17.4. The van der Waals surface area contributed by atoms with Crippen LogP contribution in [0.5, 0.6) is 0 Å². The molecule has 59 heavy (non-hydrogen) atoms. The van der Waals surface area contributed by atoms with Gasteiger partial charge in [0, 0.05) is 44.0 Å². The first-order valence-corrected chi connectivity index (χ1v) is 22.0. The lowest BCUT2D eigenvalue weighted by atomic mass is 9.45. The van der Waals surface area contributed by atoms with Crippen LogP contribution in [0.3, 0.4) is 0 Å². The van der Waals surface area contributed by atoms with Gasteiger partial charge in [0.2, 0.25) is 0 Å². The van der Waals surface area contributed by atoms with Crippen molar-refractivity contribution in [1.82, 2.24) is 0 Å². The molecule has 3 N–H and O–H groups in total. The Morgan fingerprint density at radius 3 is 2.19 bits per heavy atom. The molecule has 0 aromatic rings. The van der Waals surface area contributed by atoms with E-state index >= 15 is 0 Å². The Hall–Kier alpha value is -1.82. The minimum Gasteiger partial charge on any atom is -0.458 e. The van der Waals surface area contributed by atoms with Crippen molar-refractivity contribution in [2.45, 2.75) is 205 Å². The van der Waals surface area contributed by atoms with Gasteiger partial charge in [-0.1, -0.05) is 31.6 Å². The number of esters is 1. The topological polar surface area (TPSA) is 178 Å². The largest absolute Gasteiger partial charge is 0.458 e. The van der Waals surface area contributed by atoms with Gasteiger partial charge in [0.15, 0.2) is 18.9 Å². The van der Waals surface area contributed by atoms with Crippen molar-refractivity contribution in [1.29, 1.82) is 0 Å². The summed E-state index contributed by atoms with van der Waals surface area (Å²) in [5, 5.41) is 34.0. The number of methoxy groups -OCH3 is 2. The predicted molar refractivity (Wildman–Crippen MR) is 212 cm³/mol. The van der Waals surface area contributed by atoms with Gasteiger partial charge in [-0.2, -0.15) is 0 Å². The maximum absolute atomic E-state index is 13.3. The molecular weight excluding hydrogens is 764 g/mol. The van der Waals surface area contributed by atoms with E-state index in [0.29, 0.717) is 44.1 Å².